The first kappa shape index (κ1) is 14.0. The van der Waals surface area contributed by atoms with Crippen molar-refractivity contribution in [2.24, 2.45) is 5.73 Å². The van der Waals surface area contributed by atoms with E-state index >= 15 is 0 Å². The molecule has 0 fully saturated rings. The van der Waals surface area contributed by atoms with Gasteiger partial charge in [-0.05, 0) is 26.0 Å². The van der Waals surface area contributed by atoms with Gasteiger partial charge in [-0.2, -0.15) is 0 Å². The van der Waals surface area contributed by atoms with E-state index in [-0.39, 0.29) is 18.6 Å². The van der Waals surface area contributed by atoms with Crippen molar-refractivity contribution in [3.8, 4) is 5.75 Å². The van der Waals surface area contributed by atoms with Gasteiger partial charge < -0.3 is 15.8 Å². The van der Waals surface area contributed by atoms with Crippen molar-refractivity contribution in [2.75, 3.05) is 13.2 Å². The number of amides is 1. The molecule has 0 unspecified atom stereocenters. The number of rotatable bonds is 5. The van der Waals surface area contributed by atoms with Crippen molar-refractivity contribution in [1.82, 2.24) is 5.32 Å². The second-order valence-electron chi connectivity index (χ2n) is 3.71. The monoisotopic (exact) mass is 300 g/mol. The molecule has 1 amide bonds. The highest BCUT2D eigenvalue weighted by molar-refractivity contribution is 9.10. The molecule has 0 saturated carbocycles. The Morgan fingerprint density at radius 3 is 2.88 bits per heavy atom. The average molecular weight is 301 g/mol. The predicted octanol–water partition coefficient (Wildman–Crippen LogP) is 1.98. The normalized spacial score (nSPS) is 12.0. The minimum atomic E-state index is -0.136. The fourth-order valence-electron chi connectivity index (χ4n) is 1.40. The third-order valence-corrected chi connectivity index (χ3v) is 2.69. The highest BCUT2D eigenvalue weighted by Gasteiger charge is 2.10. The van der Waals surface area contributed by atoms with Crippen molar-refractivity contribution in [1.29, 1.82) is 0 Å². The predicted molar refractivity (Wildman–Crippen MR) is 70.9 cm³/mol. The first-order valence-electron chi connectivity index (χ1n) is 5.49. The number of benzene rings is 1. The molecule has 0 aliphatic carbocycles. The molecule has 0 aliphatic heterocycles. The third kappa shape index (κ3) is 4.36. The van der Waals surface area contributed by atoms with E-state index in [1.807, 2.05) is 32.0 Å². The molecule has 1 aromatic rings. The minimum Gasteiger partial charge on any atom is -0.483 e. The van der Waals surface area contributed by atoms with Crippen LogP contribution in [0.1, 0.15) is 25.5 Å². The molecule has 1 atom stereocenters. The molecule has 5 heteroatoms. The van der Waals surface area contributed by atoms with Crippen molar-refractivity contribution in [3.63, 3.8) is 0 Å². The van der Waals surface area contributed by atoms with Crippen LogP contribution in [0.4, 0.5) is 0 Å². The van der Waals surface area contributed by atoms with Crippen LogP contribution in [0.3, 0.4) is 0 Å². The Balaban J connectivity index is 2.75. The van der Waals surface area contributed by atoms with Gasteiger partial charge in [0, 0.05) is 22.6 Å². The Morgan fingerprint density at radius 2 is 2.29 bits per heavy atom. The number of ether oxygens (including phenoxy) is 1. The number of nitrogens with one attached hydrogen (secondary N) is 1. The number of hydrogen-bond acceptors (Lipinski definition) is 3. The standard InChI is InChI=1S/C12H17BrN2O2/c1-3-15-12(16)7-17-11-6-9(13)4-5-10(11)8(2)14/h4-6,8H,3,7,14H2,1-2H3,(H,15,16)/t8-/m1/s1. The van der Waals surface area contributed by atoms with Crippen LogP contribution in [0.25, 0.3) is 0 Å². The van der Waals surface area contributed by atoms with E-state index in [9.17, 15) is 4.79 Å². The summed E-state index contributed by atoms with van der Waals surface area (Å²) >= 11 is 3.36. The Morgan fingerprint density at radius 1 is 1.59 bits per heavy atom. The fourth-order valence-corrected chi connectivity index (χ4v) is 1.74. The van der Waals surface area contributed by atoms with Crippen LogP contribution in [0.5, 0.6) is 5.75 Å². The van der Waals surface area contributed by atoms with Gasteiger partial charge in [0.1, 0.15) is 5.75 Å². The zero-order valence-corrected chi connectivity index (χ0v) is 11.6. The van der Waals surface area contributed by atoms with Crippen LogP contribution in [-0.2, 0) is 4.79 Å². The molecule has 17 heavy (non-hydrogen) atoms. The summed E-state index contributed by atoms with van der Waals surface area (Å²) in [5, 5.41) is 2.67. The smallest absolute Gasteiger partial charge is 0.257 e. The van der Waals surface area contributed by atoms with Gasteiger partial charge in [0.05, 0.1) is 0 Å². The maximum Gasteiger partial charge on any atom is 0.257 e. The number of halogens is 1. The molecule has 4 nitrogen and oxygen atoms in total. The summed E-state index contributed by atoms with van der Waals surface area (Å²) in [6, 6.07) is 5.48. The van der Waals surface area contributed by atoms with Gasteiger partial charge in [-0.15, -0.1) is 0 Å². The van der Waals surface area contributed by atoms with Gasteiger partial charge in [-0.3, -0.25) is 4.79 Å². The minimum absolute atomic E-state index is 0.00398. The molecule has 0 bridgehead atoms. The van der Waals surface area contributed by atoms with E-state index in [0.29, 0.717) is 12.3 Å². The summed E-state index contributed by atoms with van der Waals surface area (Å²) in [6.45, 7) is 4.34. The Kier molecular flexibility index (Phi) is 5.44. The number of carbonyl (C=O) groups is 1. The molecule has 1 aromatic carbocycles. The molecule has 0 aliphatic rings. The van der Waals surface area contributed by atoms with Crippen molar-refractivity contribution < 1.29 is 9.53 Å². The van der Waals surface area contributed by atoms with Crippen molar-refractivity contribution in [2.45, 2.75) is 19.9 Å². The van der Waals surface area contributed by atoms with Crippen molar-refractivity contribution >= 4 is 21.8 Å². The number of likely N-dealkylation sites (N-methyl/N-ethyl adjacent to an activating group) is 1. The highest BCUT2D eigenvalue weighted by Crippen LogP contribution is 2.27. The molecule has 1 rings (SSSR count). The molecule has 0 aromatic heterocycles. The number of nitrogens with two attached hydrogens (primary N) is 1. The highest BCUT2D eigenvalue weighted by atomic mass is 79.9. The van der Waals surface area contributed by atoms with Gasteiger partial charge in [0.15, 0.2) is 6.61 Å². The molecule has 0 radical (unpaired) electrons. The summed E-state index contributed by atoms with van der Waals surface area (Å²) in [5.41, 5.74) is 6.72. The van der Waals surface area contributed by atoms with Crippen LogP contribution in [-0.4, -0.2) is 19.1 Å². The second kappa shape index (κ2) is 6.61. The quantitative estimate of drug-likeness (QED) is 0.874. The van der Waals surface area contributed by atoms with E-state index in [2.05, 4.69) is 21.2 Å². The summed E-state index contributed by atoms with van der Waals surface area (Å²) in [5.74, 6) is 0.503. The fraction of sp³-hybridized carbons (Fsp3) is 0.417. The Hall–Kier alpha value is -1.07. The maximum absolute atomic E-state index is 11.3. The number of carbonyl (C=O) groups excluding carboxylic acids is 1. The Labute approximate surface area is 110 Å². The summed E-state index contributed by atoms with van der Waals surface area (Å²) in [6.07, 6.45) is 0. The van der Waals surface area contributed by atoms with E-state index in [0.717, 1.165) is 10.0 Å². The molecule has 0 saturated heterocycles. The van der Waals surface area contributed by atoms with Gasteiger partial charge in [-0.25, -0.2) is 0 Å². The molecule has 0 spiro atoms. The largest absolute Gasteiger partial charge is 0.483 e. The van der Waals surface area contributed by atoms with E-state index in [1.54, 1.807) is 0 Å². The zero-order chi connectivity index (χ0) is 12.8. The lowest BCUT2D eigenvalue weighted by Crippen LogP contribution is -2.28. The van der Waals surface area contributed by atoms with Crippen LogP contribution in [0.15, 0.2) is 22.7 Å². The molecular formula is C12H17BrN2O2. The van der Waals surface area contributed by atoms with Gasteiger partial charge in [-0.1, -0.05) is 22.0 Å². The summed E-state index contributed by atoms with van der Waals surface area (Å²) in [7, 11) is 0. The molecule has 3 N–H and O–H groups in total. The number of hydrogen-bond donors (Lipinski definition) is 2. The Bertz CT molecular complexity index is 394. The first-order chi connectivity index (χ1) is 8.04. The maximum atomic E-state index is 11.3. The second-order valence-corrected chi connectivity index (χ2v) is 4.63. The van der Waals surface area contributed by atoms with E-state index in [4.69, 9.17) is 10.5 Å². The van der Waals surface area contributed by atoms with Crippen LogP contribution < -0.4 is 15.8 Å². The van der Waals surface area contributed by atoms with Gasteiger partial charge in [0.25, 0.3) is 5.91 Å². The summed E-state index contributed by atoms with van der Waals surface area (Å²) < 4.78 is 6.37. The van der Waals surface area contributed by atoms with Gasteiger partial charge in [0.2, 0.25) is 0 Å². The van der Waals surface area contributed by atoms with Crippen LogP contribution in [0.2, 0.25) is 0 Å². The van der Waals surface area contributed by atoms with E-state index in [1.165, 1.54) is 0 Å². The topological polar surface area (TPSA) is 64.3 Å². The van der Waals surface area contributed by atoms with Crippen molar-refractivity contribution in [3.05, 3.63) is 28.2 Å². The lowest BCUT2D eigenvalue weighted by atomic mass is 10.1. The average Bonchev–Trinajstić information content (AvgIpc) is 2.26. The third-order valence-electron chi connectivity index (χ3n) is 2.20. The van der Waals surface area contributed by atoms with Crippen LogP contribution in [0, 0.1) is 0 Å². The zero-order valence-electron chi connectivity index (χ0n) is 10.00. The molecule has 0 heterocycles. The lowest BCUT2D eigenvalue weighted by Gasteiger charge is -2.14. The lowest BCUT2D eigenvalue weighted by molar-refractivity contribution is -0.123. The first-order valence-corrected chi connectivity index (χ1v) is 6.28. The summed E-state index contributed by atoms with van der Waals surface area (Å²) in [4.78, 5) is 11.3. The van der Waals surface area contributed by atoms with E-state index < -0.39 is 0 Å². The SMILES string of the molecule is CCNC(=O)COc1cc(Br)ccc1[C@@H](C)N. The molecule has 94 valence electrons. The van der Waals surface area contributed by atoms with Crippen LogP contribution >= 0.6 is 15.9 Å². The molecular weight excluding hydrogens is 284 g/mol. The van der Waals surface area contributed by atoms with Gasteiger partial charge >= 0.3 is 0 Å².